The van der Waals surface area contributed by atoms with Crippen molar-refractivity contribution in [1.82, 2.24) is 0 Å². The highest BCUT2D eigenvalue weighted by Gasteiger charge is 2.41. The standard InChI is InChI=1S/C20H36S.C13H26O.C13H24S.C10H20.C3H8/c1-15(2)19-14-18(17-11-7-4-8-12-17)20(21-19)13-16-9-5-3-6-10-16;1-9(2)12-7-6-11(5)13(8-12)14-10(3)4;1-10(2)13-8-12(9-14-13)11-6-4-3-5-7-11;1-8(2)10-6-4-9(3)5-7-10;1-3-2/h15-20H,3-14H2,1-2H3;9-13H,6-8H2,1-5H3;10-13H,3-9H2,1-2H3;8-10H,4-7H2,1-3H3;3H2,1-2H3. The van der Waals surface area contributed by atoms with E-state index in [0.29, 0.717) is 12.2 Å². The summed E-state index contributed by atoms with van der Waals surface area (Å²) < 4.78 is 5.98. The van der Waals surface area contributed by atoms with E-state index in [9.17, 15) is 0 Å². The topological polar surface area (TPSA) is 9.23 Å². The molecule has 1 nitrogen and oxygen atoms in total. The van der Waals surface area contributed by atoms with Gasteiger partial charge in [-0.05, 0) is 148 Å². The van der Waals surface area contributed by atoms with Gasteiger partial charge in [0, 0.05) is 15.7 Å². The van der Waals surface area contributed by atoms with Crippen LogP contribution in [0.2, 0.25) is 0 Å². The predicted octanol–water partition coefficient (Wildman–Crippen LogP) is 19.8. The fraction of sp³-hybridized carbons (Fsp3) is 1.00. The van der Waals surface area contributed by atoms with Crippen LogP contribution in [0.25, 0.3) is 0 Å². The summed E-state index contributed by atoms with van der Waals surface area (Å²) in [5, 5.41) is 2.95. The third-order valence-electron chi connectivity index (χ3n) is 17.3. The van der Waals surface area contributed by atoms with E-state index in [1.165, 1.54) is 134 Å². The van der Waals surface area contributed by atoms with Crippen LogP contribution < -0.4 is 0 Å². The van der Waals surface area contributed by atoms with E-state index in [1.54, 1.807) is 38.5 Å². The maximum absolute atomic E-state index is 5.98. The molecular formula is C59H114OS2. The molecule has 7 rings (SSSR count). The highest BCUT2D eigenvalue weighted by atomic mass is 32.2. The molecule has 0 aromatic heterocycles. The third kappa shape index (κ3) is 21.3. The molecule has 5 aliphatic carbocycles. The van der Waals surface area contributed by atoms with Gasteiger partial charge in [0.15, 0.2) is 0 Å². The van der Waals surface area contributed by atoms with Crippen LogP contribution in [-0.2, 0) is 4.74 Å². The average molecular weight is 904 g/mol. The molecule has 0 aromatic rings. The van der Waals surface area contributed by atoms with Crippen LogP contribution >= 0.6 is 23.5 Å². The summed E-state index contributed by atoms with van der Waals surface area (Å²) in [6.45, 7) is 32.4. The maximum atomic E-state index is 5.98. The van der Waals surface area contributed by atoms with Crippen molar-refractivity contribution in [3.8, 4) is 0 Å². The number of thioether (sulfide) groups is 2. The largest absolute Gasteiger partial charge is 0.375 e. The first kappa shape index (κ1) is 57.0. The van der Waals surface area contributed by atoms with Gasteiger partial charge in [-0.15, -0.1) is 0 Å². The summed E-state index contributed by atoms with van der Waals surface area (Å²) in [6, 6.07) is 0. The lowest BCUT2D eigenvalue weighted by Gasteiger charge is -2.37. The Kier molecular flexibility index (Phi) is 29.1. The highest BCUT2D eigenvalue weighted by molar-refractivity contribution is 8.00. The molecule has 0 spiro atoms. The molecule has 8 atom stereocenters. The Balaban J connectivity index is 0.000000223. The smallest absolute Gasteiger partial charge is 0.0606 e. The lowest BCUT2D eigenvalue weighted by molar-refractivity contribution is -0.0574. The van der Waals surface area contributed by atoms with Gasteiger partial charge in [0.25, 0.3) is 0 Å². The van der Waals surface area contributed by atoms with E-state index >= 15 is 0 Å². The summed E-state index contributed by atoms with van der Waals surface area (Å²) in [7, 11) is 0. The van der Waals surface area contributed by atoms with Crippen molar-refractivity contribution in [2.45, 2.75) is 292 Å². The summed E-state index contributed by atoms with van der Waals surface area (Å²) in [5.41, 5.74) is 0. The molecule has 0 N–H and O–H groups in total. The second-order valence-electron chi connectivity index (χ2n) is 24.5. The number of hydrogen-bond acceptors (Lipinski definition) is 3. The zero-order valence-corrected chi connectivity index (χ0v) is 46.3. The van der Waals surface area contributed by atoms with E-state index in [0.717, 1.165) is 92.7 Å². The minimum absolute atomic E-state index is 0.383. The van der Waals surface area contributed by atoms with E-state index in [4.69, 9.17) is 4.74 Å². The van der Waals surface area contributed by atoms with E-state index < -0.39 is 0 Å². The van der Waals surface area contributed by atoms with Crippen molar-refractivity contribution < 1.29 is 4.74 Å². The SMILES string of the molecule is CC(C)C1CC(C2CCCCC2)C(CC2CCCCC2)S1.CC(C)C1CC(C2CCCCC2)CS1.CC(C)OC1CC(C(C)C)CCC1C.CC1CCC(C(C)C)CC1.CCC. The minimum Gasteiger partial charge on any atom is -0.375 e. The van der Waals surface area contributed by atoms with Crippen LogP contribution in [0.5, 0.6) is 0 Å². The second kappa shape index (κ2) is 31.7. The first-order chi connectivity index (χ1) is 29.6. The van der Waals surface area contributed by atoms with Crippen molar-refractivity contribution in [2.75, 3.05) is 5.75 Å². The first-order valence-corrected chi connectivity index (χ1v) is 30.5. The molecule has 368 valence electrons. The van der Waals surface area contributed by atoms with Crippen molar-refractivity contribution in [2.24, 2.45) is 76.9 Å². The summed E-state index contributed by atoms with van der Waals surface area (Å²) in [6.07, 6.45) is 39.6. The molecule has 2 aliphatic heterocycles. The van der Waals surface area contributed by atoms with Crippen LogP contribution in [0.1, 0.15) is 264 Å². The van der Waals surface area contributed by atoms with Crippen LogP contribution in [0.15, 0.2) is 0 Å². The lowest BCUT2D eigenvalue weighted by atomic mass is 9.73. The van der Waals surface area contributed by atoms with Gasteiger partial charge in [-0.3, -0.25) is 0 Å². The quantitative estimate of drug-likeness (QED) is 0.216. The molecule has 3 heteroatoms. The Morgan fingerprint density at radius 3 is 1.47 bits per heavy atom. The molecular weight excluding hydrogens is 789 g/mol. The van der Waals surface area contributed by atoms with Crippen molar-refractivity contribution in [1.29, 1.82) is 0 Å². The molecule has 62 heavy (non-hydrogen) atoms. The molecule has 0 radical (unpaired) electrons. The van der Waals surface area contributed by atoms with Gasteiger partial charge in [-0.25, -0.2) is 0 Å². The van der Waals surface area contributed by atoms with Crippen molar-refractivity contribution in [3.05, 3.63) is 0 Å². The predicted molar refractivity (Wildman–Crippen MR) is 285 cm³/mol. The highest BCUT2D eigenvalue weighted by Crippen LogP contribution is 2.51. The lowest BCUT2D eigenvalue weighted by Crippen LogP contribution is -2.33. The zero-order chi connectivity index (χ0) is 45.6. The Bertz CT molecular complexity index is 1060. The van der Waals surface area contributed by atoms with Gasteiger partial charge in [0.2, 0.25) is 0 Å². The first-order valence-electron chi connectivity index (χ1n) is 28.5. The minimum atomic E-state index is 0.383. The van der Waals surface area contributed by atoms with Crippen molar-refractivity contribution in [3.63, 3.8) is 0 Å². The van der Waals surface area contributed by atoms with Crippen LogP contribution in [0, 0.1) is 76.9 Å². The molecule has 0 bridgehead atoms. The fourth-order valence-electron chi connectivity index (χ4n) is 12.8. The zero-order valence-electron chi connectivity index (χ0n) is 44.7. The van der Waals surface area contributed by atoms with Crippen molar-refractivity contribution >= 4 is 23.5 Å². The monoisotopic (exact) mass is 903 g/mol. The van der Waals surface area contributed by atoms with Gasteiger partial charge in [-0.1, -0.05) is 199 Å². The van der Waals surface area contributed by atoms with Gasteiger partial charge < -0.3 is 4.74 Å². The molecule has 7 aliphatic rings. The Morgan fingerprint density at radius 2 is 0.984 bits per heavy atom. The van der Waals surface area contributed by atoms with Gasteiger partial charge in [0.05, 0.1) is 12.2 Å². The normalized spacial score (nSPS) is 33.9. The number of ether oxygens (including phenoxy) is 1. The fourth-order valence-corrected chi connectivity index (χ4v) is 16.4. The molecule has 7 fully saturated rings. The van der Waals surface area contributed by atoms with Crippen LogP contribution in [-0.4, -0.2) is 33.7 Å². The summed E-state index contributed by atoms with van der Waals surface area (Å²) >= 11 is 4.67. The summed E-state index contributed by atoms with van der Waals surface area (Å²) in [4.78, 5) is 0. The Hall–Kier alpha value is 0.660. The number of rotatable bonds is 10. The van der Waals surface area contributed by atoms with Gasteiger partial charge >= 0.3 is 0 Å². The average Bonchev–Trinajstić information content (AvgIpc) is 3.93. The Labute approximate surface area is 400 Å². The molecule has 8 unspecified atom stereocenters. The molecule has 0 amide bonds. The number of hydrogen-bond donors (Lipinski definition) is 0. The summed E-state index contributed by atoms with van der Waals surface area (Å²) in [5.74, 6) is 14.1. The molecule has 2 heterocycles. The molecule has 5 saturated carbocycles. The van der Waals surface area contributed by atoms with Crippen LogP contribution in [0.3, 0.4) is 0 Å². The molecule has 0 aromatic carbocycles. The Morgan fingerprint density at radius 1 is 0.484 bits per heavy atom. The third-order valence-corrected chi connectivity index (χ3v) is 21.1. The van der Waals surface area contributed by atoms with Gasteiger partial charge in [-0.2, -0.15) is 23.5 Å². The van der Waals surface area contributed by atoms with E-state index in [-0.39, 0.29) is 0 Å². The second-order valence-corrected chi connectivity index (χ2v) is 27.2. The van der Waals surface area contributed by atoms with E-state index in [1.807, 2.05) is 0 Å². The molecule has 2 saturated heterocycles. The van der Waals surface area contributed by atoms with Crippen LogP contribution in [0.4, 0.5) is 0 Å². The maximum Gasteiger partial charge on any atom is 0.0606 e. The van der Waals surface area contributed by atoms with E-state index in [2.05, 4.69) is 120 Å². The van der Waals surface area contributed by atoms with Gasteiger partial charge in [0.1, 0.15) is 0 Å².